The number of carbonyl (C=O) groups excluding carboxylic acids is 2. The maximum Gasteiger partial charge on any atom is 0.329 e. The zero-order chi connectivity index (χ0) is 15.9. The Morgan fingerprint density at radius 3 is 2.86 bits per heavy atom. The second kappa shape index (κ2) is 5.68. The highest BCUT2D eigenvalue weighted by atomic mass is 32.2. The number of carbonyl (C=O) groups is 2. The van der Waals surface area contributed by atoms with E-state index < -0.39 is 6.04 Å². The molecule has 22 heavy (non-hydrogen) atoms. The summed E-state index contributed by atoms with van der Waals surface area (Å²) in [5, 5.41) is 1.13. The van der Waals surface area contributed by atoms with Crippen molar-refractivity contribution >= 4 is 40.4 Å². The molecule has 0 radical (unpaired) electrons. The number of methoxy groups -OCH3 is 1. The van der Waals surface area contributed by atoms with Crippen LogP contribution in [0.15, 0.2) is 18.2 Å². The van der Waals surface area contributed by atoms with Gasteiger partial charge in [0.2, 0.25) is 5.91 Å². The molecule has 6 heteroatoms. The van der Waals surface area contributed by atoms with Gasteiger partial charge in [-0.25, -0.2) is 4.79 Å². The van der Waals surface area contributed by atoms with Crippen LogP contribution < -0.4 is 4.90 Å². The summed E-state index contributed by atoms with van der Waals surface area (Å²) in [4.78, 5) is 28.9. The first kappa shape index (κ1) is 15.0. The Morgan fingerprint density at radius 1 is 1.45 bits per heavy atom. The third kappa shape index (κ3) is 2.18. The molecule has 1 N–H and O–H groups in total. The van der Waals surface area contributed by atoms with E-state index in [-0.39, 0.29) is 11.9 Å². The molecule has 0 saturated carbocycles. The minimum atomic E-state index is -0.574. The second-order valence-electron chi connectivity index (χ2n) is 5.36. The molecule has 0 spiro atoms. The van der Waals surface area contributed by atoms with E-state index >= 15 is 0 Å². The van der Waals surface area contributed by atoms with E-state index in [4.69, 9.17) is 4.74 Å². The van der Waals surface area contributed by atoms with E-state index in [0.29, 0.717) is 6.42 Å². The number of nitrogens with zero attached hydrogens (tertiary/aromatic N) is 1. The highest BCUT2D eigenvalue weighted by Gasteiger charge is 2.40. The standard InChI is InChI=1S/C16H18N2O3S/c1-9(19)18-13(16(20)21-2)7-11-14-10(8-22-3)5-4-6-12(14)17-15(11)18/h4-6,13,17H,7-8H2,1-3H3/t13-/m0/s1. The Morgan fingerprint density at radius 2 is 2.23 bits per heavy atom. The van der Waals surface area contributed by atoms with Crippen molar-refractivity contribution in [1.82, 2.24) is 4.98 Å². The lowest BCUT2D eigenvalue weighted by Gasteiger charge is -2.21. The van der Waals surface area contributed by atoms with Gasteiger partial charge in [-0.1, -0.05) is 12.1 Å². The number of rotatable bonds is 3. The van der Waals surface area contributed by atoms with Crippen molar-refractivity contribution in [1.29, 1.82) is 0 Å². The SMILES string of the molecule is COC(=O)[C@@H]1Cc2c([nH]c3cccc(CSC)c23)N1C(C)=O. The molecule has 116 valence electrons. The number of hydrogen-bond acceptors (Lipinski definition) is 4. The van der Waals surface area contributed by atoms with Crippen LogP contribution in [-0.2, 0) is 26.5 Å². The summed E-state index contributed by atoms with van der Waals surface area (Å²) in [5.41, 5.74) is 3.26. The maximum atomic E-state index is 12.0. The summed E-state index contributed by atoms with van der Waals surface area (Å²) in [6.07, 6.45) is 2.55. The number of thioether (sulfide) groups is 1. The van der Waals surface area contributed by atoms with Gasteiger partial charge in [0.1, 0.15) is 11.9 Å². The third-order valence-electron chi connectivity index (χ3n) is 4.05. The van der Waals surface area contributed by atoms with Crippen LogP contribution in [0.1, 0.15) is 18.1 Å². The van der Waals surface area contributed by atoms with Gasteiger partial charge in [0, 0.05) is 35.6 Å². The molecule has 2 aromatic rings. The summed E-state index contributed by atoms with van der Waals surface area (Å²) < 4.78 is 4.85. The molecule has 0 aliphatic carbocycles. The van der Waals surface area contributed by atoms with Crippen molar-refractivity contribution in [2.45, 2.75) is 25.1 Å². The van der Waals surface area contributed by atoms with Gasteiger partial charge >= 0.3 is 5.97 Å². The average molecular weight is 318 g/mol. The molecular formula is C16H18N2O3S. The van der Waals surface area contributed by atoms with Crippen molar-refractivity contribution in [3.05, 3.63) is 29.3 Å². The Kier molecular flexibility index (Phi) is 3.87. The Hall–Kier alpha value is -1.95. The van der Waals surface area contributed by atoms with Gasteiger partial charge < -0.3 is 9.72 Å². The predicted molar refractivity (Wildman–Crippen MR) is 88.2 cm³/mol. The summed E-state index contributed by atoms with van der Waals surface area (Å²) in [6.45, 7) is 1.47. The molecule has 0 bridgehead atoms. The molecule has 1 atom stereocenters. The van der Waals surface area contributed by atoms with Crippen LogP contribution in [0.25, 0.3) is 10.9 Å². The van der Waals surface area contributed by atoms with Gasteiger partial charge in [0.25, 0.3) is 0 Å². The monoisotopic (exact) mass is 318 g/mol. The zero-order valence-corrected chi connectivity index (χ0v) is 13.6. The molecule has 1 amide bonds. The number of fused-ring (bicyclic) bond motifs is 3. The minimum Gasteiger partial charge on any atom is -0.467 e. The fourth-order valence-corrected chi connectivity index (χ4v) is 3.76. The molecule has 1 aliphatic rings. The Labute approximate surface area is 133 Å². The highest BCUT2D eigenvalue weighted by molar-refractivity contribution is 7.97. The lowest BCUT2D eigenvalue weighted by atomic mass is 10.0. The number of anilines is 1. The summed E-state index contributed by atoms with van der Waals surface area (Å²) in [5.74, 6) is 1.08. The van der Waals surface area contributed by atoms with Crippen LogP contribution in [0.2, 0.25) is 0 Å². The van der Waals surface area contributed by atoms with Gasteiger partial charge in [0.05, 0.1) is 7.11 Å². The number of amides is 1. The predicted octanol–water partition coefficient (Wildman–Crippen LogP) is 2.48. The van der Waals surface area contributed by atoms with Crippen molar-refractivity contribution in [3.8, 4) is 0 Å². The van der Waals surface area contributed by atoms with E-state index in [1.54, 1.807) is 11.8 Å². The zero-order valence-electron chi connectivity index (χ0n) is 12.8. The average Bonchev–Trinajstić information content (AvgIpc) is 3.02. The van der Waals surface area contributed by atoms with Crippen LogP contribution in [0.4, 0.5) is 5.82 Å². The number of hydrogen-bond donors (Lipinski definition) is 1. The lowest BCUT2D eigenvalue weighted by Crippen LogP contribution is -2.42. The number of nitrogens with one attached hydrogen (secondary N) is 1. The number of benzene rings is 1. The van der Waals surface area contributed by atoms with Crippen molar-refractivity contribution in [2.24, 2.45) is 0 Å². The molecule has 0 fully saturated rings. The smallest absolute Gasteiger partial charge is 0.329 e. The van der Waals surface area contributed by atoms with Crippen LogP contribution in [0.3, 0.4) is 0 Å². The number of esters is 1. The van der Waals surface area contributed by atoms with Crippen LogP contribution in [0, 0.1) is 0 Å². The van der Waals surface area contributed by atoms with Gasteiger partial charge in [-0.2, -0.15) is 11.8 Å². The molecule has 0 unspecified atom stereocenters. The largest absolute Gasteiger partial charge is 0.467 e. The fourth-order valence-electron chi connectivity index (χ4n) is 3.20. The molecule has 1 aromatic heterocycles. The molecule has 1 aliphatic heterocycles. The third-order valence-corrected chi connectivity index (χ3v) is 4.65. The van der Waals surface area contributed by atoms with E-state index in [1.807, 2.05) is 12.1 Å². The van der Waals surface area contributed by atoms with Gasteiger partial charge in [-0.05, 0) is 17.9 Å². The fraction of sp³-hybridized carbons (Fsp3) is 0.375. The second-order valence-corrected chi connectivity index (χ2v) is 6.22. The van der Waals surface area contributed by atoms with E-state index in [9.17, 15) is 9.59 Å². The molecule has 0 saturated heterocycles. The van der Waals surface area contributed by atoms with Crippen LogP contribution >= 0.6 is 11.8 Å². The number of H-pyrrole nitrogens is 1. The number of aromatic nitrogens is 1. The molecular weight excluding hydrogens is 300 g/mol. The normalized spacial score (nSPS) is 16.9. The Balaban J connectivity index is 2.17. The van der Waals surface area contributed by atoms with E-state index in [1.165, 1.54) is 24.5 Å². The topological polar surface area (TPSA) is 62.4 Å². The minimum absolute atomic E-state index is 0.160. The summed E-state index contributed by atoms with van der Waals surface area (Å²) >= 11 is 1.75. The van der Waals surface area contributed by atoms with Crippen LogP contribution in [-0.4, -0.2) is 36.3 Å². The van der Waals surface area contributed by atoms with Crippen LogP contribution in [0.5, 0.6) is 0 Å². The molecule has 3 rings (SSSR count). The summed E-state index contributed by atoms with van der Waals surface area (Å²) in [7, 11) is 1.35. The first-order valence-corrected chi connectivity index (χ1v) is 8.46. The van der Waals surface area contributed by atoms with Crippen molar-refractivity contribution in [3.63, 3.8) is 0 Å². The van der Waals surface area contributed by atoms with Crippen molar-refractivity contribution in [2.75, 3.05) is 18.3 Å². The first-order valence-electron chi connectivity index (χ1n) is 7.07. The van der Waals surface area contributed by atoms with Gasteiger partial charge in [0.15, 0.2) is 0 Å². The van der Waals surface area contributed by atoms with Crippen molar-refractivity contribution < 1.29 is 14.3 Å². The first-order chi connectivity index (χ1) is 10.6. The maximum absolute atomic E-state index is 12.0. The van der Waals surface area contributed by atoms with E-state index in [0.717, 1.165) is 28.0 Å². The lowest BCUT2D eigenvalue weighted by molar-refractivity contribution is -0.143. The number of ether oxygens (including phenoxy) is 1. The Bertz CT molecular complexity index is 753. The van der Waals surface area contributed by atoms with E-state index in [2.05, 4.69) is 17.3 Å². The molecule has 2 heterocycles. The van der Waals surface area contributed by atoms with Gasteiger partial charge in [-0.15, -0.1) is 0 Å². The van der Waals surface area contributed by atoms with Gasteiger partial charge in [-0.3, -0.25) is 9.69 Å². The number of aromatic amines is 1. The molecule has 5 nitrogen and oxygen atoms in total. The summed E-state index contributed by atoms with van der Waals surface area (Å²) in [6, 6.07) is 5.53. The highest BCUT2D eigenvalue weighted by Crippen LogP contribution is 2.40. The molecule has 1 aromatic carbocycles. The quantitative estimate of drug-likeness (QED) is 0.883.